The number of rotatable bonds is 3. The van der Waals surface area contributed by atoms with E-state index in [0.29, 0.717) is 18.4 Å². The first-order valence-electron chi connectivity index (χ1n) is 8.75. The van der Waals surface area contributed by atoms with Gasteiger partial charge >= 0.3 is 0 Å². The lowest BCUT2D eigenvalue weighted by Crippen LogP contribution is -2.47. The highest BCUT2D eigenvalue weighted by Gasteiger charge is 2.43. The van der Waals surface area contributed by atoms with Crippen molar-refractivity contribution in [2.45, 2.75) is 38.1 Å². The van der Waals surface area contributed by atoms with Gasteiger partial charge in [0.1, 0.15) is 0 Å². The minimum absolute atomic E-state index is 0.281. The fourth-order valence-corrected chi connectivity index (χ4v) is 4.92. The Morgan fingerprint density at radius 2 is 2.21 bits per heavy atom. The van der Waals surface area contributed by atoms with E-state index in [1.54, 1.807) is 11.3 Å². The van der Waals surface area contributed by atoms with Crippen LogP contribution in [-0.4, -0.2) is 37.0 Å². The second-order valence-corrected chi connectivity index (χ2v) is 7.96. The molecule has 126 valence electrons. The molecule has 2 aliphatic heterocycles. The second-order valence-electron chi connectivity index (χ2n) is 7.18. The summed E-state index contributed by atoms with van der Waals surface area (Å²) in [5.74, 6) is 0.743. The SMILES string of the molecule is Cc1ccc2c(c1)[C@H]1CN(C)CC[C@@H]1N2C(=O)CCc1ccsc1. The Balaban J connectivity index is 1.61. The molecule has 0 radical (unpaired) electrons. The molecule has 4 heteroatoms. The average molecular weight is 340 g/mol. The first-order chi connectivity index (χ1) is 11.6. The summed E-state index contributed by atoms with van der Waals surface area (Å²) in [6.07, 6.45) is 2.51. The molecule has 0 saturated carbocycles. The highest BCUT2D eigenvalue weighted by Crippen LogP contribution is 2.45. The largest absolute Gasteiger partial charge is 0.308 e. The predicted molar refractivity (Wildman–Crippen MR) is 99.9 cm³/mol. The number of thiophene rings is 1. The molecule has 3 nitrogen and oxygen atoms in total. The smallest absolute Gasteiger partial charge is 0.227 e. The van der Waals surface area contributed by atoms with E-state index in [-0.39, 0.29) is 5.91 Å². The summed E-state index contributed by atoms with van der Waals surface area (Å²) in [5, 5.41) is 4.23. The van der Waals surface area contributed by atoms with Crippen LogP contribution in [0.15, 0.2) is 35.0 Å². The third kappa shape index (κ3) is 2.78. The fourth-order valence-electron chi connectivity index (χ4n) is 4.21. The third-order valence-corrected chi connectivity index (χ3v) is 6.16. The summed E-state index contributed by atoms with van der Waals surface area (Å²) in [4.78, 5) is 17.6. The van der Waals surface area contributed by atoms with Crippen LogP contribution in [0.1, 0.15) is 35.4 Å². The summed E-state index contributed by atoms with van der Waals surface area (Å²) in [7, 11) is 2.19. The van der Waals surface area contributed by atoms with Gasteiger partial charge in [-0.25, -0.2) is 0 Å². The zero-order valence-corrected chi connectivity index (χ0v) is 15.2. The van der Waals surface area contributed by atoms with Crippen LogP contribution in [0.5, 0.6) is 0 Å². The molecule has 1 aromatic heterocycles. The van der Waals surface area contributed by atoms with E-state index in [0.717, 1.165) is 31.6 Å². The highest BCUT2D eigenvalue weighted by molar-refractivity contribution is 7.07. The standard InChI is InChI=1S/C20H24N2OS/c1-14-3-5-18-16(11-14)17-12-21(2)9-7-19(17)22(18)20(23)6-4-15-8-10-24-13-15/h3,5,8,10-11,13,17,19H,4,6-7,9,12H2,1-2H3/t17-,19+/m1/s1. The van der Waals surface area contributed by atoms with Crippen molar-refractivity contribution in [3.05, 3.63) is 51.7 Å². The van der Waals surface area contributed by atoms with Gasteiger partial charge in [0, 0.05) is 30.6 Å². The van der Waals surface area contributed by atoms with E-state index < -0.39 is 0 Å². The van der Waals surface area contributed by atoms with Gasteiger partial charge in [0.25, 0.3) is 0 Å². The van der Waals surface area contributed by atoms with E-state index in [1.165, 1.54) is 16.7 Å². The Morgan fingerprint density at radius 1 is 1.33 bits per heavy atom. The number of hydrogen-bond donors (Lipinski definition) is 0. The first kappa shape index (κ1) is 15.9. The van der Waals surface area contributed by atoms with Gasteiger partial charge in [-0.05, 0) is 67.4 Å². The van der Waals surface area contributed by atoms with Gasteiger partial charge in [-0.3, -0.25) is 4.79 Å². The van der Waals surface area contributed by atoms with Gasteiger partial charge in [-0.15, -0.1) is 0 Å². The highest BCUT2D eigenvalue weighted by atomic mass is 32.1. The van der Waals surface area contributed by atoms with Crippen LogP contribution < -0.4 is 4.90 Å². The topological polar surface area (TPSA) is 23.6 Å². The summed E-state index contributed by atoms with van der Waals surface area (Å²) in [6, 6.07) is 9.05. The number of aryl methyl sites for hydroxylation is 2. The van der Waals surface area contributed by atoms with Crippen LogP contribution in [0.4, 0.5) is 5.69 Å². The van der Waals surface area contributed by atoms with Gasteiger partial charge < -0.3 is 9.80 Å². The van der Waals surface area contributed by atoms with E-state index in [2.05, 4.69) is 58.8 Å². The Bertz CT molecular complexity index is 740. The second kappa shape index (κ2) is 6.34. The first-order valence-corrected chi connectivity index (χ1v) is 9.70. The van der Waals surface area contributed by atoms with E-state index in [9.17, 15) is 4.79 Å². The van der Waals surface area contributed by atoms with Crippen LogP contribution >= 0.6 is 11.3 Å². The minimum Gasteiger partial charge on any atom is -0.308 e. The van der Waals surface area contributed by atoms with Crippen molar-refractivity contribution in [2.24, 2.45) is 0 Å². The van der Waals surface area contributed by atoms with Crippen molar-refractivity contribution in [2.75, 3.05) is 25.0 Å². The molecule has 1 amide bonds. The van der Waals surface area contributed by atoms with Crippen molar-refractivity contribution in [3.8, 4) is 0 Å². The number of carbonyl (C=O) groups excluding carboxylic acids is 1. The lowest BCUT2D eigenvalue weighted by Gasteiger charge is -2.36. The molecule has 2 atom stereocenters. The molecule has 0 spiro atoms. The number of likely N-dealkylation sites (tertiary alicyclic amines) is 1. The Labute approximate surface area is 147 Å². The number of piperidine rings is 1. The molecule has 1 saturated heterocycles. The Kier molecular flexibility index (Phi) is 4.19. The molecule has 4 rings (SSSR count). The molecule has 3 heterocycles. The van der Waals surface area contributed by atoms with E-state index in [4.69, 9.17) is 0 Å². The number of likely N-dealkylation sites (N-methyl/N-ethyl adjacent to an activating group) is 1. The minimum atomic E-state index is 0.281. The quantitative estimate of drug-likeness (QED) is 0.848. The third-order valence-electron chi connectivity index (χ3n) is 5.43. The van der Waals surface area contributed by atoms with Crippen molar-refractivity contribution in [3.63, 3.8) is 0 Å². The van der Waals surface area contributed by atoms with Gasteiger partial charge in [0.05, 0.1) is 0 Å². The molecule has 0 unspecified atom stereocenters. The molecule has 0 N–H and O–H groups in total. The van der Waals surface area contributed by atoms with Crippen molar-refractivity contribution >= 4 is 22.9 Å². The number of amides is 1. The summed E-state index contributed by atoms with van der Waals surface area (Å²) < 4.78 is 0. The monoisotopic (exact) mass is 340 g/mol. The van der Waals surface area contributed by atoms with Crippen molar-refractivity contribution in [1.29, 1.82) is 0 Å². The van der Waals surface area contributed by atoms with Crippen LogP contribution in [0.2, 0.25) is 0 Å². The number of nitrogens with zero attached hydrogens (tertiary/aromatic N) is 2. The Morgan fingerprint density at radius 3 is 3.00 bits per heavy atom. The lowest BCUT2D eigenvalue weighted by molar-refractivity contribution is -0.119. The van der Waals surface area contributed by atoms with Crippen LogP contribution in [-0.2, 0) is 11.2 Å². The predicted octanol–water partition coefficient (Wildman–Crippen LogP) is 3.82. The molecule has 0 aliphatic carbocycles. The van der Waals surface area contributed by atoms with Crippen molar-refractivity contribution < 1.29 is 4.79 Å². The molecule has 0 bridgehead atoms. The van der Waals surface area contributed by atoms with E-state index >= 15 is 0 Å². The number of benzene rings is 1. The van der Waals surface area contributed by atoms with Gasteiger partial charge in [0.2, 0.25) is 5.91 Å². The van der Waals surface area contributed by atoms with Gasteiger partial charge in [-0.1, -0.05) is 17.7 Å². The summed E-state index contributed by atoms with van der Waals surface area (Å²) >= 11 is 1.70. The molecular formula is C20H24N2OS. The van der Waals surface area contributed by atoms with Crippen LogP contribution in [0, 0.1) is 6.92 Å². The number of anilines is 1. The molecule has 1 aromatic carbocycles. The summed E-state index contributed by atoms with van der Waals surface area (Å²) in [6.45, 7) is 4.26. The van der Waals surface area contributed by atoms with Crippen LogP contribution in [0.25, 0.3) is 0 Å². The van der Waals surface area contributed by atoms with Gasteiger partial charge in [-0.2, -0.15) is 11.3 Å². The zero-order chi connectivity index (χ0) is 16.7. The molecule has 2 aromatic rings. The average Bonchev–Trinajstić information content (AvgIpc) is 3.18. The van der Waals surface area contributed by atoms with Gasteiger partial charge in [0.15, 0.2) is 0 Å². The molecular weight excluding hydrogens is 316 g/mol. The summed E-state index contributed by atoms with van der Waals surface area (Å²) in [5.41, 5.74) is 5.08. The normalized spacial score (nSPS) is 23.2. The number of hydrogen-bond acceptors (Lipinski definition) is 3. The molecule has 1 fully saturated rings. The van der Waals surface area contributed by atoms with E-state index in [1.807, 2.05) is 0 Å². The maximum Gasteiger partial charge on any atom is 0.227 e. The zero-order valence-electron chi connectivity index (χ0n) is 14.4. The van der Waals surface area contributed by atoms with Crippen LogP contribution in [0.3, 0.4) is 0 Å². The van der Waals surface area contributed by atoms with Crippen molar-refractivity contribution in [1.82, 2.24) is 4.90 Å². The maximum absolute atomic E-state index is 13.0. The molecule has 2 aliphatic rings. The fraction of sp³-hybridized carbons (Fsp3) is 0.450. The number of carbonyl (C=O) groups is 1. The maximum atomic E-state index is 13.0. The Hall–Kier alpha value is -1.65. The number of fused-ring (bicyclic) bond motifs is 3. The molecule has 24 heavy (non-hydrogen) atoms. The lowest BCUT2D eigenvalue weighted by atomic mass is 9.89.